The van der Waals surface area contributed by atoms with Gasteiger partial charge in [-0.3, -0.25) is 0 Å². The van der Waals surface area contributed by atoms with Crippen LogP contribution in [-0.2, 0) is 0 Å². The van der Waals surface area contributed by atoms with Crippen molar-refractivity contribution in [1.82, 2.24) is 0 Å². The number of fused-ring (bicyclic) bond motifs is 1. The van der Waals surface area contributed by atoms with Gasteiger partial charge in [-0.2, -0.15) is 0 Å². The first-order valence-electron chi connectivity index (χ1n) is 6.42. The molecule has 0 aromatic carbocycles. The van der Waals surface area contributed by atoms with Gasteiger partial charge in [0.2, 0.25) is 0 Å². The van der Waals surface area contributed by atoms with E-state index < -0.39 is 0 Å². The largest absolute Gasteiger partial charge is 0.0999 e. The van der Waals surface area contributed by atoms with Crippen molar-refractivity contribution in [2.75, 3.05) is 0 Å². The molecule has 0 aromatic heterocycles. The van der Waals surface area contributed by atoms with Crippen molar-refractivity contribution in [3.8, 4) is 0 Å². The van der Waals surface area contributed by atoms with Crippen molar-refractivity contribution in [2.45, 2.75) is 50.8 Å². The molecule has 0 aliphatic heterocycles. The van der Waals surface area contributed by atoms with Crippen molar-refractivity contribution < 1.29 is 0 Å². The third-order valence-corrected chi connectivity index (χ3v) is 6.48. The molecule has 4 unspecified atom stereocenters. The number of alkyl halides is 1. The molecule has 2 fully saturated rings. The second kappa shape index (κ2) is 4.33. The second-order valence-electron chi connectivity index (χ2n) is 6.04. The van der Waals surface area contributed by atoms with E-state index in [-0.39, 0.29) is 0 Å². The summed E-state index contributed by atoms with van der Waals surface area (Å²) in [5.74, 6) is 1.44. The Morgan fingerprint density at radius 2 is 2.12 bits per heavy atom. The van der Waals surface area contributed by atoms with Gasteiger partial charge in [-0.25, -0.2) is 0 Å². The first kappa shape index (κ1) is 12.4. The number of hydrogen-bond acceptors (Lipinski definition) is 0. The maximum absolute atomic E-state index is 4.32. The molecule has 0 bridgehead atoms. The zero-order chi connectivity index (χ0) is 11.9. The molecule has 0 heterocycles. The fourth-order valence-corrected chi connectivity index (χ4v) is 4.38. The number of hydrogen-bond donors (Lipinski definition) is 0. The van der Waals surface area contributed by atoms with Crippen LogP contribution in [0, 0.1) is 17.3 Å². The summed E-state index contributed by atoms with van der Waals surface area (Å²) in [6.07, 6.45) is 6.40. The predicted octanol–water partition coefficient (Wildman–Crippen LogP) is 5.10. The standard InChI is InChI=1S/C15H23Br/c1-10(2)12-7-8-15(4)13(9-12)11(3)5-6-14(15)16/h12-14H,1,3,5-9H2,2,4H3. The van der Waals surface area contributed by atoms with Gasteiger partial charge >= 0.3 is 0 Å². The summed E-state index contributed by atoms with van der Waals surface area (Å²) in [6.45, 7) is 13.1. The van der Waals surface area contributed by atoms with E-state index in [2.05, 4.69) is 42.9 Å². The van der Waals surface area contributed by atoms with E-state index in [0.717, 1.165) is 5.92 Å². The molecular formula is C15H23Br. The van der Waals surface area contributed by atoms with Gasteiger partial charge in [0.05, 0.1) is 0 Å². The van der Waals surface area contributed by atoms with E-state index >= 15 is 0 Å². The molecule has 1 heteroatoms. The third-order valence-electron chi connectivity index (χ3n) is 4.97. The Kier molecular flexibility index (Phi) is 3.36. The van der Waals surface area contributed by atoms with Crippen LogP contribution in [0.1, 0.15) is 46.0 Å². The summed E-state index contributed by atoms with van der Waals surface area (Å²) in [7, 11) is 0. The highest BCUT2D eigenvalue weighted by Gasteiger charge is 2.47. The molecule has 2 aliphatic rings. The highest BCUT2D eigenvalue weighted by Crippen LogP contribution is 2.56. The predicted molar refractivity (Wildman–Crippen MR) is 74.8 cm³/mol. The fraction of sp³-hybridized carbons (Fsp3) is 0.733. The Balaban J connectivity index is 2.21. The maximum atomic E-state index is 4.32. The summed E-state index contributed by atoms with van der Waals surface area (Å²) in [4.78, 5) is 0.682. The molecule has 2 rings (SSSR count). The molecule has 0 N–H and O–H groups in total. The van der Waals surface area contributed by atoms with Crippen LogP contribution < -0.4 is 0 Å². The van der Waals surface area contributed by atoms with Crippen LogP contribution in [0.25, 0.3) is 0 Å². The molecule has 0 amide bonds. The second-order valence-corrected chi connectivity index (χ2v) is 7.15. The lowest BCUT2D eigenvalue weighted by molar-refractivity contribution is 0.0928. The van der Waals surface area contributed by atoms with Crippen molar-refractivity contribution >= 4 is 15.9 Å². The Hall–Kier alpha value is -0.0400. The molecule has 2 aliphatic carbocycles. The minimum absolute atomic E-state index is 0.446. The highest BCUT2D eigenvalue weighted by molar-refractivity contribution is 9.09. The van der Waals surface area contributed by atoms with Crippen LogP contribution in [0.15, 0.2) is 24.3 Å². The Morgan fingerprint density at radius 3 is 2.75 bits per heavy atom. The molecule has 16 heavy (non-hydrogen) atoms. The molecule has 0 saturated heterocycles. The van der Waals surface area contributed by atoms with E-state index in [1.807, 2.05) is 0 Å². The van der Waals surface area contributed by atoms with E-state index in [0.29, 0.717) is 16.2 Å². The van der Waals surface area contributed by atoms with Crippen molar-refractivity contribution in [3.63, 3.8) is 0 Å². The lowest BCUT2D eigenvalue weighted by Gasteiger charge is -2.51. The van der Waals surface area contributed by atoms with Gasteiger partial charge in [0.15, 0.2) is 0 Å². The Morgan fingerprint density at radius 1 is 1.44 bits per heavy atom. The van der Waals surface area contributed by atoms with Gasteiger partial charge in [0.25, 0.3) is 0 Å². The molecular weight excluding hydrogens is 260 g/mol. The van der Waals surface area contributed by atoms with Crippen LogP contribution >= 0.6 is 15.9 Å². The SMILES string of the molecule is C=C(C)C1CCC2(C)C(Br)CCC(=C)C2C1. The van der Waals surface area contributed by atoms with Gasteiger partial charge in [-0.15, -0.1) is 0 Å². The summed E-state index contributed by atoms with van der Waals surface area (Å²) in [6, 6.07) is 0. The smallest absolute Gasteiger partial charge is 0.0208 e. The lowest BCUT2D eigenvalue weighted by Crippen LogP contribution is -2.44. The quantitative estimate of drug-likeness (QED) is 0.464. The normalized spacial score (nSPS) is 43.9. The zero-order valence-electron chi connectivity index (χ0n) is 10.6. The zero-order valence-corrected chi connectivity index (χ0v) is 12.1. The van der Waals surface area contributed by atoms with Crippen LogP contribution in [0.5, 0.6) is 0 Å². The first-order chi connectivity index (χ1) is 7.45. The summed E-state index contributed by atoms with van der Waals surface area (Å²) in [5.41, 5.74) is 3.30. The molecule has 0 aromatic rings. The van der Waals surface area contributed by atoms with Crippen molar-refractivity contribution in [3.05, 3.63) is 24.3 Å². The van der Waals surface area contributed by atoms with Crippen LogP contribution in [-0.4, -0.2) is 4.83 Å². The number of halogens is 1. The van der Waals surface area contributed by atoms with Crippen molar-refractivity contribution in [1.29, 1.82) is 0 Å². The monoisotopic (exact) mass is 282 g/mol. The van der Waals surface area contributed by atoms with E-state index in [4.69, 9.17) is 0 Å². The number of rotatable bonds is 1. The van der Waals surface area contributed by atoms with Gasteiger partial charge in [0, 0.05) is 4.83 Å². The summed E-state index contributed by atoms with van der Waals surface area (Å²) < 4.78 is 0. The topological polar surface area (TPSA) is 0 Å². The average Bonchev–Trinajstić information content (AvgIpc) is 2.24. The Labute approximate surface area is 108 Å². The summed E-state index contributed by atoms with van der Waals surface area (Å²) in [5, 5.41) is 0. The van der Waals surface area contributed by atoms with Gasteiger partial charge in [-0.05, 0) is 56.3 Å². The van der Waals surface area contributed by atoms with Crippen molar-refractivity contribution in [2.24, 2.45) is 17.3 Å². The van der Waals surface area contributed by atoms with Gasteiger partial charge < -0.3 is 0 Å². The molecule has 90 valence electrons. The van der Waals surface area contributed by atoms with Crippen LogP contribution in [0.2, 0.25) is 0 Å². The van der Waals surface area contributed by atoms with E-state index in [9.17, 15) is 0 Å². The molecule has 0 radical (unpaired) electrons. The average molecular weight is 283 g/mol. The van der Waals surface area contributed by atoms with E-state index in [1.165, 1.54) is 43.3 Å². The maximum Gasteiger partial charge on any atom is 0.0208 e. The van der Waals surface area contributed by atoms with Crippen LogP contribution in [0.4, 0.5) is 0 Å². The molecule has 2 saturated carbocycles. The lowest BCUT2D eigenvalue weighted by atomic mass is 9.56. The minimum atomic E-state index is 0.446. The first-order valence-corrected chi connectivity index (χ1v) is 7.34. The Bertz CT molecular complexity index is 317. The summed E-state index contributed by atoms with van der Waals surface area (Å²) >= 11 is 3.91. The highest BCUT2D eigenvalue weighted by atomic mass is 79.9. The third kappa shape index (κ3) is 1.92. The molecule has 0 spiro atoms. The molecule has 0 nitrogen and oxygen atoms in total. The minimum Gasteiger partial charge on any atom is -0.0999 e. The van der Waals surface area contributed by atoms with Gasteiger partial charge in [0.1, 0.15) is 0 Å². The van der Waals surface area contributed by atoms with Gasteiger partial charge in [-0.1, -0.05) is 47.2 Å². The molecule has 4 atom stereocenters. The van der Waals surface area contributed by atoms with E-state index in [1.54, 1.807) is 0 Å². The van der Waals surface area contributed by atoms with Crippen LogP contribution in [0.3, 0.4) is 0 Å². The fourth-order valence-electron chi connectivity index (χ4n) is 3.60. The number of allylic oxidation sites excluding steroid dienone is 2.